The number of methoxy groups -OCH3 is 1. The predicted molar refractivity (Wildman–Crippen MR) is 64.2 cm³/mol. The third kappa shape index (κ3) is 3.74. The lowest BCUT2D eigenvalue weighted by molar-refractivity contribution is 0.0600. The van der Waals surface area contributed by atoms with Crippen LogP contribution < -0.4 is 5.32 Å². The first-order valence-corrected chi connectivity index (χ1v) is 6.08. The molecule has 0 spiro atoms. The molecule has 1 rings (SSSR count). The lowest BCUT2D eigenvalue weighted by Crippen LogP contribution is -2.56. The van der Waals surface area contributed by atoms with Crippen LogP contribution in [-0.4, -0.2) is 51.3 Å². The summed E-state index contributed by atoms with van der Waals surface area (Å²) in [4.78, 5) is 2.39. The zero-order valence-electron chi connectivity index (χ0n) is 10.5. The Morgan fingerprint density at radius 1 is 1.27 bits per heavy atom. The Balaban J connectivity index is 2.03. The first kappa shape index (κ1) is 12.9. The second-order valence-electron chi connectivity index (χ2n) is 4.85. The Bertz CT molecular complexity index is 167. The lowest BCUT2D eigenvalue weighted by Gasteiger charge is -2.47. The van der Waals surface area contributed by atoms with Gasteiger partial charge in [0.25, 0.3) is 0 Å². The molecule has 1 aliphatic carbocycles. The minimum absolute atomic E-state index is 0.460. The van der Waals surface area contributed by atoms with Crippen LogP contribution in [0.2, 0.25) is 0 Å². The largest absolute Gasteiger partial charge is 0.385 e. The van der Waals surface area contributed by atoms with E-state index in [1.165, 1.54) is 32.1 Å². The highest BCUT2D eigenvalue weighted by Crippen LogP contribution is 2.35. The molecule has 3 heteroatoms. The van der Waals surface area contributed by atoms with Crippen molar-refractivity contribution in [1.29, 1.82) is 0 Å². The lowest BCUT2D eigenvalue weighted by atomic mass is 9.75. The summed E-state index contributed by atoms with van der Waals surface area (Å²) in [6.07, 6.45) is 6.48. The predicted octanol–water partition coefficient (Wildman–Crippen LogP) is 1.49. The van der Waals surface area contributed by atoms with Crippen molar-refractivity contribution < 1.29 is 4.74 Å². The molecule has 15 heavy (non-hydrogen) atoms. The van der Waals surface area contributed by atoms with Gasteiger partial charge in [0.2, 0.25) is 0 Å². The van der Waals surface area contributed by atoms with Crippen molar-refractivity contribution in [2.24, 2.45) is 0 Å². The van der Waals surface area contributed by atoms with Crippen LogP contribution in [0, 0.1) is 0 Å². The Morgan fingerprint density at radius 2 is 2.00 bits per heavy atom. The van der Waals surface area contributed by atoms with E-state index in [9.17, 15) is 0 Å². The molecule has 0 radical (unpaired) electrons. The van der Waals surface area contributed by atoms with Crippen LogP contribution in [0.1, 0.15) is 32.1 Å². The number of hydrogen-bond acceptors (Lipinski definition) is 3. The summed E-state index contributed by atoms with van der Waals surface area (Å²) < 4.78 is 5.02. The van der Waals surface area contributed by atoms with Crippen molar-refractivity contribution in [1.82, 2.24) is 10.2 Å². The van der Waals surface area contributed by atoms with E-state index in [0.717, 1.165) is 19.7 Å². The van der Waals surface area contributed by atoms with Crippen molar-refractivity contribution in [3.63, 3.8) is 0 Å². The van der Waals surface area contributed by atoms with Gasteiger partial charge in [-0.2, -0.15) is 0 Å². The van der Waals surface area contributed by atoms with Crippen LogP contribution in [0.4, 0.5) is 0 Å². The molecule has 0 atom stereocenters. The number of hydrogen-bond donors (Lipinski definition) is 1. The monoisotopic (exact) mass is 214 g/mol. The molecule has 0 unspecified atom stereocenters. The highest BCUT2D eigenvalue weighted by molar-refractivity contribution is 4.97. The number of likely N-dealkylation sites (N-methyl/N-ethyl adjacent to an activating group) is 1. The fraction of sp³-hybridized carbons (Fsp3) is 1.00. The van der Waals surface area contributed by atoms with Crippen molar-refractivity contribution in [3.05, 3.63) is 0 Å². The molecule has 0 heterocycles. The van der Waals surface area contributed by atoms with Gasteiger partial charge in [-0.3, -0.25) is 0 Å². The molecule has 0 aromatic carbocycles. The summed E-state index contributed by atoms with van der Waals surface area (Å²) in [5, 5.41) is 3.57. The van der Waals surface area contributed by atoms with Crippen molar-refractivity contribution in [3.8, 4) is 0 Å². The molecular weight excluding hydrogens is 188 g/mol. The average Bonchev–Trinajstić information content (AvgIpc) is 2.13. The molecule has 3 nitrogen and oxygen atoms in total. The first-order valence-electron chi connectivity index (χ1n) is 6.08. The van der Waals surface area contributed by atoms with Gasteiger partial charge in [0, 0.05) is 25.8 Å². The van der Waals surface area contributed by atoms with Crippen LogP contribution >= 0.6 is 0 Å². The Hall–Kier alpha value is -0.120. The summed E-state index contributed by atoms with van der Waals surface area (Å²) in [6, 6.07) is 0. The first-order chi connectivity index (χ1) is 7.21. The smallest absolute Gasteiger partial charge is 0.0462 e. The van der Waals surface area contributed by atoms with Gasteiger partial charge in [-0.15, -0.1) is 0 Å². The fourth-order valence-electron chi connectivity index (χ4n) is 2.18. The van der Waals surface area contributed by atoms with E-state index in [2.05, 4.69) is 24.3 Å². The van der Waals surface area contributed by atoms with Crippen LogP contribution in [-0.2, 0) is 4.74 Å². The van der Waals surface area contributed by atoms with E-state index in [1.54, 1.807) is 7.11 Å². The summed E-state index contributed by atoms with van der Waals surface area (Å²) in [5.74, 6) is 0. The van der Waals surface area contributed by atoms with Gasteiger partial charge in [0.1, 0.15) is 0 Å². The van der Waals surface area contributed by atoms with Gasteiger partial charge in [0.15, 0.2) is 0 Å². The molecule has 0 bridgehead atoms. The molecule has 0 aromatic rings. The molecule has 0 saturated heterocycles. The van der Waals surface area contributed by atoms with Crippen LogP contribution in [0.15, 0.2) is 0 Å². The minimum Gasteiger partial charge on any atom is -0.385 e. The van der Waals surface area contributed by atoms with E-state index in [1.807, 2.05) is 0 Å². The molecule has 1 fully saturated rings. The number of ether oxygens (including phenoxy) is 1. The van der Waals surface area contributed by atoms with E-state index in [0.29, 0.717) is 5.54 Å². The molecule has 1 aliphatic rings. The number of nitrogens with one attached hydrogen (secondary N) is 1. The Morgan fingerprint density at radius 3 is 2.47 bits per heavy atom. The second kappa shape index (κ2) is 6.46. The molecule has 0 aromatic heterocycles. The summed E-state index contributed by atoms with van der Waals surface area (Å²) in [6.45, 7) is 3.16. The highest BCUT2D eigenvalue weighted by atomic mass is 16.5. The maximum Gasteiger partial charge on any atom is 0.0462 e. The normalized spacial score (nSPS) is 19.2. The minimum atomic E-state index is 0.460. The fourth-order valence-corrected chi connectivity index (χ4v) is 2.18. The number of nitrogens with zero attached hydrogens (tertiary/aromatic N) is 1. The second-order valence-corrected chi connectivity index (χ2v) is 4.85. The Labute approximate surface area is 94.2 Å². The van der Waals surface area contributed by atoms with Gasteiger partial charge in [0.05, 0.1) is 0 Å². The van der Waals surface area contributed by atoms with E-state index >= 15 is 0 Å². The summed E-state index contributed by atoms with van der Waals surface area (Å²) in [5.41, 5.74) is 0.460. The third-order valence-electron chi connectivity index (χ3n) is 3.64. The van der Waals surface area contributed by atoms with Crippen LogP contribution in [0.5, 0.6) is 0 Å². The van der Waals surface area contributed by atoms with E-state index < -0.39 is 0 Å². The zero-order valence-corrected chi connectivity index (χ0v) is 10.5. The third-order valence-corrected chi connectivity index (χ3v) is 3.64. The van der Waals surface area contributed by atoms with Crippen molar-refractivity contribution in [2.45, 2.75) is 37.6 Å². The quantitative estimate of drug-likeness (QED) is 0.620. The SMILES string of the molecule is COCCCCNCC1(N(C)C)CCC1. The Kier molecular flexibility index (Phi) is 5.58. The molecule has 0 amide bonds. The molecule has 1 saturated carbocycles. The molecule has 0 aliphatic heterocycles. The summed E-state index contributed by atoms with van der Waals surface area (Å²) >= 11 is 0. The molecule has 1 N–H and O–H groups in total. The maximum atomic E-state index is 5.02. The van der Waals surface area contributed by atoms with Crippen molar-refractivity contribution in [2.75, 3.05) is 40.9 Å². The van der Waals surface area contributed by atoms with Gasteiger partial charge in [-0.1, -0.05) is 0 Å². The summed E-state index contributed by atoms with van der Waals surface area (Å²) in [7, 11) is 6.17. The average molecular weight is 214 g/mol. The maximum absolute atomic E-state index is 5.02. The van der Waals surface area contributed by atoms with Gasteiger partial charge in [-0.05, 0) is 52.7 Å². The molecule has 90 valence electrons. The van der Waals surface area contributed by atoms with Gasteiger partial charge in [-0.25, -0.2) is 0 Å². The van der Waals surface area contributed by atoms with E-state index in [-0.39, 0.29) is 0 Å². The zero-order chi connectivity index (χ0) is 11.1. The van der Waals surface area contributed by atoms with Gasteiger partial charge >= 0.3 is 0 Å². The molecular formula is C12H26N2O. The number of rotatable bonds is 8. The van der Waals surface area contributed by atoms with Crippen molar-refractivity contribution >= 4 is 0 Å². The van der Waals surface area contributed by atoms with Crippen LogP contribution in [0.25, 0.3) is 0 Å². The number of unbranched alkanes of at least 4 members (excludes halogenated alkanes) is 1. The highest BCUT2D eigenvalue weighted by Gasteiger charge is 2.38. The standard InChI is InChI=1S/C12H26N2O/c1-14(2)12(7-6-8-12)11-13-9-4-5-10-15-3/h13H,4-11H2,1-3H3. The van der Waals surface area contributed by atoms with Gasteiger partial charge < -0.3 is 15.0 Å². The van der Waals surface area contributed by atoms with E-state index in [4.69, 9.17) is 4.74 Å². The topological polar surface area (TPSA) is 24.5 Å². The van der Waals surface area contributed by atoms with Crippen LogP contribution in [0.3, 0.4) is 0 Å².